The smallest absolute Gasteiger partial charge is 0.408 e. The first-order valence-corrected chi connectivity index (χ1v) is 12.7. The molecule has 1 saturated carbocycles. The number of nitrogens with two attached hydrogens (primary N) is 1. The van der Waals surface area contributed by atoms with E-state index in [-0.39, 0.29) is 36.0 Å². The first-order valence-electron chi connectivity index (χ1n) is 12.7. The molecular formula is C26H32N6O5. The van der Waals surface area contributed by atoms with Crippen molar-refractivity contribution in [1.82, 2.24) is 15.1 Å². The van der Waals surface area contributed by atoms with Gasteiger partial charge in [-0.25, -0.2) is 4.79 Å². The Hall–Kier alpha value is -3.65. The second-order valence-electron chi connectivity index (χ2n) is 11.3. The van der Waals surface area contributed by atoms with Gasteiger partial charge in [-0.15, -0.1) is 0 Å². The largest absolute Gasteiger partial charge is 0.444 e. The molecule has 0 unspecified atom stereocenters. The van der Waals surface area contributed by atoms with Gasteiger partial charge in [0, 0.05) is 19.1 Å². The number of piperidine rings is 1. The Kier molecular flexibility index (Phi) is 6.10. The standard InChI is InChI=1S/C26H32N6O5/c1-26(2,3)37-25(36)29-18(23(34)31-15(11-27)8-14-9-20(14)31)13-30-12-16-10-21(30)24(35)32(16)19-7-5-4-6-17(19)22(28)33/h4-7,14-16,18,20-21H,8-10,12-13H2,1-3H3,(H2,28,33)(H,29,36)/t14-,15+,16-,18+,20+,21-/m1/s1. The topological polar surface area (TPSA) is 149 Å². The first kappa shape index (κ1) is 25.0. The van der Waals surface area contributed by atoms with Crippen LogP contribution in [0.3, 0.4) is 0 Å². The zero-order chi connectivity index (χ0) is 26.6. The maximum atomic E-state index is 13.7. The fourth-order valence-corrected chi connectivity index (χ4v) is 6.01. The van der Waals surface area contributed by atoms with Crippen LogP contribution in [0.25, 0.3) is 0 Å². The lowest BCUT2D eigenvalue weighted by atomic mass is 10.1. The van der Waals surface area contributed by atoms with E-state index in [9.17, 15) is 24.4 Å². The van der Waals surface area contributed by atoms with Crippen LogP contribution in [-0.2, 0) is 14.3 Å². The Bertz CT molecular complexity index is 1190. The highest BCUT2D eigenvalue weighted by molar-refractivity contribution is 6.07. The summed E-state index contributed by atoms with van der Waals surface area (Å²) >= 11 is 0. The van der Waals surface area contributed by atoms with Gasteiger partial charge in [-0.1, -0.05) is 12.1 Å². The SMILES string of the molecule is CC(C)(C)OC(=O)N[C@@H](CN1C[C@H]2C[C@@H]1C(=O)N2c1ccccc1C(N)=O)C(=O)N1[C@H](C#N)C[C@@H]2C[C@@H]21. The van der Waals surface area contributed by atoms with E-state index in [1.165, 1.54) is 0 Å². The molecule has 3 saturated heterocycles. The van der Waals surface area contributed by atoms with Gasteiger partial charge in [0.25, 0.3) is 5.91 Å². The number of fused-ring (bicyclic) bond motifs is 3. The van der Waals surface area contributed by atoms with Gasteiger partial charge in [0.2, 0.25) is 11.8 Å². The molecule has 11 heteroatoms. The Balaban J connectivity index is 1.34. The number of piperazine rings is 1. The van der Waals surface area contributed by atoms with E-state index >= 15 is 0 Å². The Morgan fingerprint density at radius 2 is 1.95 bits per heavy atom. The summed E-state index contributed by atoms with van der Waals surface area (Å²) < 4.78 is 5.41. The van der Waals surface area contributed by atoms with Gasteiger partial charge in [-0.3, -0.25) is 19.3 Å². The molecule has 4 fully saturated rings. The third-order valence-corrected chi connectivity index (χ3v) is 7.61. The molecule has 1 aliphatic carbocycles. The van der Waals surface area contributed by atoms with Crippen molar-refractivity contribution in [2.75, 3.05) is 18.0 Å². The molecule has 1 aromatic carbocycles. The maximum absolute atomic E-state index is 13.7. The van der Waals surface area contributed by atoms with Crippen LogP contribution < -0.4 is 16.0 Å². The normalized spacial score (nSPS) is 29.0. The minimum absolute atomic E-state index is 0.0255. The van der Waals surface area contributed by atoms with Gasteiger partial charge in [0.05, 0.1) is 29.4 Å². The van der Waals surface area contributed by atoms with E-state index in [2.05, 4.69) is 11.4 Å². The van der Waals surface area contributed by atoms with Crippen LogP contribution in [0.15, 0.2) is 24.3 Å². The fourth-order valence-electron chi connectivity index (χ4n) is 6.01. The average molecular weight is 509 g/mol. The van der Waals surface area contributed by atoms with Crippen LogP contribution in [0, 0.1) is 17.2 Å². The lowest BCUT2D eigenvalue weighted by molar-refractivity contribution is -0.136. The van der Waals surface area contributed by atoms with E-state index in [0.717, 1.165) is 6.42 Å². The van der Waals surface area contributed by atoms with Crippen molar-refractivity contribution in [3.8, 4) is 6.07 Å². The van der Waals surface area contributed by atoms with Gasteiger partial charge in [-0.2, -0.15) is 5.26 Å². The summed E-state index contributed by atoms with van der Waals surface area (Å²) in [5.74, 6) is -0.773. The minimum Gasteiger partial charge on any atom is -0.444 e. The lowest BCUT2D eigenvalue weighted by Crippen LogP contribution is -2.59. The predicted molar refractivity (Wildman–Crippen MR) is 132 cm³/mol. The molecule has 11 nitrogen and oxygen atoms in total. The average Bonchev–Trinajstić information content (AvgIpc) is 3.15. The first-order chi connectivity index (χ1) is 17.5. The molecule has 196 valence electrons. The van der Waals surface area contributed by atoms with Crippen LogP contribution in [-0.4, -0.2) is 82.5 Å². The number of carbonyl (C=O) groups excluding carboxylic acids is 4. The number of anilines is 1. The molecule has 0 spiro atoms. The fraction of sp³-hybridized carbons (Fsp3) is 0.577. The maximum Gasteiger partial charge on any atom is 0.408 e. The molecule has 2 bridgehead atoms. The van der Waals surface area contributed by atoms with Gasteiger partial charge in [0.1, 0.15) is 17.7 Å². The number of alkyl carbamates (subject to hydrolysis) is 1. The van der Waals surface area contributed by atoms with Crippen molar-refractivity contribution in [3.05, 3.63) is 29.8 Å². The molecular weight excluding hydrogens is 476 g/mol. The molecule has 1 aromatic rings. The number of para-hydroxylation sites is 1. The number of ether oxygens (including phenoxy) is 1. The highest BCUT2D eigenvalue weighted by atomic mass is 16.6. The van der Waals surface area contributed by atoms with Crippen LogP contribution in [0.5, 0.6) is 0 Å². The van der Waals surface area contributed by atoms with E-state index in [4.69, 9.17) is 10.5 Å². The lowest BCUT2D eigenvalue weighted by Gasteiger charge is -2.37. The summed E-state index contributed by atoms with van der Waals surface area (Å²) in [4.78, 5) is 56.8. The second-order valence-corrected chi connectivity index (χ2v) is 11.3. The Labute approximate surface area is 215 Å². The number of benzene rings is 1. The number of hydrogen-bond acceptors (Lipinski definition) is 7. The molecule has 5 rings (SSSR count). The third kappa shape index (κ3) is 4.62. The van der Waals surface area contributed by atoms with Crippen molar-refractivity contribution in [3.63, 3.8) is 0 Å². The molecule has 3 aliphatic heterocycles. The summed E-state index contributed by atoms with van der Waals surface area (Å²) in [6, 6.07) is 6.83. The number of primary amides is 1. The zero-order valence-corrected chi connectivity index (χ0v) is 21.2. The Morgan fingerprint density at radius 1 is 1.22 bits per heavy atom. The van der Waals surface area contributed by atoms with E-state index in [1.54, 1.807) is 54.8 Å². The van der Waals surface area contributed by atoms with Crippen molar-refractivity contribution in [2.24, 2.45) is 11.7 Å². The molecule has 6 atom stereocenters. The summed E-state index contributed by atoms with van der Waals surface area (Å²) in [5.41, 5.74) is 5.55. The van der Waals surface area contributed by atoms with Gasteiger partial charge in [0.15, 0.2) is 0 Å². The second kappa shape index (κ2) is 9.03. The zero-order valence-electron chi connectivity index (χ0n) is 21.2. The Morgan fingerprint density at radius 3 is 2.59 bits per heavy atom. The molecule has 0 aromatic heterocycles. The number of rotatable bonds is 6. The highest BCUT2D eigenvalue weighted by Gasteiger charge is 2.56. The van der Waals surface area contributed by atoms with Gasteiger partial charge < -0.3 is 25.6 Å². The molecule has 4 amide bonds. The molecule has 37 heavy (non-hydrogen) atoms. The summed E-state index contributed by atoms with van der Waals surface area (Å²) in [6.07, 6.45) is 1.32. The van der Waals surface area contributed by atoms with Crippen molar-refractivity contribution >= 4 is 29.5 Å². The number of likely N-dealkylation sites (tertiary alicyclic amines) is 2. The number of nitriles is 1. The quantitative estimate of drug-likeness (QED) is 0.582. The summed E-state index contributed by atoms with van der Waals surface area (Å²) in [7, 11) is 0. The van der Waals surface area contributed by atoms with E-state index in [1.807, 2.05) is 4.90 Å². The van der Waals surface area contributed by atoms with Crippen LogP contribution in [0.4, 0.5) is 10.5 Å². The predicted octanol–water partition coefficient (Wildman–Crippen LogP) is 0.981. The van der Waals surface area contributed by atoms with Crippen LogP contribution in [0.2, 0.25) is 0 Å². The monoisotopic (exact) mass is 508 g/mol. The molecule has 0 radical (unpaired) electrons. The summed E-state index contributed by atoms with van der Waals surface area (Å²) in [5, 5.41) is 12.3. The van der Waals surface area contributed by atoms with Crippen LogP contribution in [0.1, 0.15) is 50.4 Å². The van der Waals surface area contributed by atoms with Gasteiger partial charge in [-0.05, 0) is 58.1 Å². The van der Waals surface area contributed by atoms with Crippen molar-refractivity contribution in [2.45, 2.75) is 75.8 Å². The van der Waals surface area contributed by atoms with E-state index in [0.29, 0.717) is 31.0 Å². The molecule has 3 N–H and O–H groups in total. The number of carbonyl (C=O) groups is 4. The van der Waals surface area contributed by atoms with E-state index < -0.39 is 35.7 Å². The van der Waals surface area contributed by atoms with Crippen molar-refractivity contribution < 1.29 is 23.9 Å². The number of nitrogens with zero attached hydrogens (tertiary/aromatic N) is 4. The minimum atomic E-state index is -0.969. The molecule has 4 aliphatic rings. The molecule has 3 heterocycles. The van der Waals surface area contributed by atoms with Crippen molar-refractivity contribution in [1.29, 1.82) is 5.26 Å². The summed E-state index contributed by atoms with van der Waals surface area (Å²) in [6.45, 7) is 5.79. The van der Waals surface area contributed by atoms with Gasteiger partial charge >= 0.3 is 6.09 Å². The van der Waals surface area contributed by atoms with Crippen LogP contribution >= 0.6 is 0 Å². The number of nitrogens with one attached hydrogen (secondary N) is 1. The number of hydrogen-bond donors (Lipinski definition) is 2. The number of amides is 4. The third-order valence-electron chi connectivity index (χ3n) is 7.61. The highest BCUT2D eigenvalue weighted by Crippen LogP contribution is 2.48.